The van der Waals surface area contributed by atoms with E-state index in [-0.39, 0.29) is 18.3 Å². The van der Waals surface area contributed by atoms with E-state index < -0.39 is 6.04 Å². The monoisotopic (exact) mass is 298 g/mol. The third-order valence-corrected chi connectivity index (χ3v) is 2.86. The van der Waals surface area contributed by atoms with Crippen molar-refractivity contribution in [2.75, 3.05) is 12.4 Å². The van der Waals surface area contributed by atoms with Crippen molar-refractivity contribution in [3.05, 3.63) is 29.7 Å². The number of carbonyl (C=O) groups excluding carboxylic acids is 1. The Labute approximate surface area is 123 Å². The van der Waals surface area contributed by atoms with Crippen LogP contribution in [0, 0.1) is 6.92 Å². The van der Waals surface area contributed by atoms with Gasteiger partial charge in [0.05, 0.1) is 11.9 Å². The van der Waals surface area contributed by atoms with Crippen molar-refractivity contribution in [1.82, 2.24) is 24.9 Å². The molecule has 8 heteroatoms. The van der Waals surface area contributed by atoms with Gasteiger partial charge in [0.1, 0.15) is 11.9 Å². The standard InChI is InChI=1S/C12H18N6O.ClH/c1-8-5-10(18(4)16-8)15-12(19)11(13-2)9-6-14-17(3)7-9;/h5-7,11,13H,1-4H3,(H,15,19);1H. The van der Waals surface area contributed by atoms with E-state index in [2.05, 4.69) is 20.8 Å². The minimum absolute atomic E-state index is 0. The van der Waals surface area contributed by atoms with Crippen LogP contribution in [-0.4, -0.2) is 32.5 Å². The van der Waals surface area contributed by atoms with Crippen LogP contribution in [0.25, 0.3) is 0 Å². The molecule has 0 aliphatic carbocycles. The zero-order valence-electron chi connectivity index (χ0n) is 11.9. The molecule has 0 aliphatic heterocycles. The zero-order chi connectivity index (χ0) is 14.0. The number of nitrogens with zero attached hydrogens (tertiary/aromatic N) is 4. The number of carbonyl (C=O) groups is 1. The molecule has 1 atom stereocenters. The average molecular weight is 299 g/mol. The molecule has 1 unspecified atom stereocenters. The molecule has 0 radical (unpaired) electrons. The molecule has 0 fully saturated rings. The Balaban J connectivity index is 0.00000200. The van der Waals surface area contributed by atoms with Gasteiger partial charge in [-0.3, -0.25) is 14.2 Å². The lowest BCUT2D eigenvalue weighted by Crippen LogP contribution is -2.31. The first-order valence-electron chi connectivity index (χ1n) is 5.98. The highest BCUT2D eigenvalue weighted by Crippen LogP contribution is 2.15. The van der Waals surface area contributed by atoms with Gasteiger partial charge in [0.15, 0.2) is 0 Å². The fourth-order valence-corrected chi connectivity index (χ4v) is 1.96. The molecule has 2 aromatic rings. The van der Waals surface area contributed by atoms with Crippen LogP contribution in [-0.2, 0) is 18.9 Å². The van der Waals surface area contributed by atoms with Gasteiger partial charge in [-0.25, -0.2) is 0 Å². The van der Waals surface area contributed by atoms with Crippen LogP contribution in [0.3, 0.4) is 0 Å². The predicted octanol–water partition coefficient (Wildman–Crippen LogP) is 0.783. The topological polar surface area (TPSA) is 76.8 Å². The second-order valence-electron chi connectivity index (χ2n) is 4.45. The Kier molecular flexibility index (Phi) is 5.29. The number of hydrogen-bond donors (Lipinski definition) is 2. The lowest BCUT2D eigenvalue weighted by Gasteiger charge is -2.14. The largest absolute Gasteiger partial charge is 0.309 e. The third kappa shape index (κ3) is 3.37. The summed E-state index contributed by atoms with van der Waals surface area (Å²) in [6.07, 6.45) is 3.49. The van der Waals surface area contributed by atoms with Gasteiger partial charge in [-0.15, -0.1) is 12.4 Å². The second kappa shape index (κ2) is 6.53. The lowest BCUT2D eigenvalue weighted by molar-refractivity contribution is -0.118. The number of likely N-dealkylation sites (N-methyl/N-ethyl adjacent to an activating group) is 1. The van der Waals surface area contributed by atoms with Crippen molar-refractivity contribution in [3.8, 4) is 0 Å². The Morgan fingerprint density at radius 2 is 2.10 bits per heavy atom. The molecule has 1 amide bonds. The number of aryl methyl sites for hydroxylation is 3. The molecule has 2 aromatic heterocycles. The van der Waals surface area contributed by atoms with Crippen LogP contribution in [0.1, 0.15) is 17.3 Å². The molecular formula is C12H19ClN6O. The molecule has 2 heterocycles. The summed E-state index contributed by atoms with van der Waals surface area (Å²) in [6, 6.07) is 1.39. The maximum absolute atomic E-state index is 12.3. The van der Waals surface area contributed by atoms with Crippen molar-refractivity contribution in [2.45, 2.75) is 13.0 Å². The van der Waals surface area contributed by atoms with Crippen molar-refractivity contribution in [2.24, 2.45) is 14.1 Å². The van der Waals surface area contributed by atoms with E-state index >= 15 is 0 Å². The van der Waals surface area contributed by atoms with E-state index in [1.54, 1.807) is 29.7 Å². The summed E-state index contributed by atoms with van der Waals surface area (Å²) in [5.41, 5.74) is 1.68. The summed E-state index contributed by atoms with van der Waals surface area (Å²) in [5, 5.41) is 14.1. The second-order valence-corrected chi connectivity index (χ2v) is 4.45. The lowest BCUT2D eigenvalue weighted by atomic mass is 10.1. The van der Waals surface area contributed by atoms with Crippen LogP contribution in [0.4, 0.5) is 5.82 Å². The summed E-state index contributed by atoms with van der Waals surface area (Å²) in [4.78, 5) is 12.3. The molecule has 2 N–H and O–H groups in total. The van der Waals surface area contributed by atoms with Crippen molar-refractivity contribution in [1.29, 1.82) is 0 Å². The summed E-state index contributed by atoms with van der Waals surface area (Å²) in [6.45, 7) is 1.88. The predicted molar refractivity (Wildman–Crippen MR) is 78.8 cm³/mol. The molecule has 2 rings (SSSR count). The Bertz CT molecular complexity index is 591. The first kappa shape index (κ1) is 16.2. The fourth-order valence-electron chi connectivity index (χ4n) is 1.96. The molecule has 20 heavy (non-hydrogen) atoms. The number of rotatable bonds is 4. The Hall–Kier alpha value is -1.86. The number of halogens is 1. The first-order valence-corrected chi connectivity index (χ1v) is 5.98. The SMILES string of the molecule is CNC(C(=O)Nc1cc(C)nn1C)c1cnn(C)c1.Cl. The van der Waals surface area contributed by atoms with Gasteiger partial charge < -0.3 is 10.6 Å². The molecule has 0 aromatic carbocycles. The molecule has 110 valence electrons. The van der Waals surface area contributed by atoms with E-state index in [0.29, 0.717) is 5.82 Å². The average Bonchev–Trinajstić information content (AvgIpc) is 2.87. The number of anilines is 1. The first-order chi connectivity index (χ1) is 9.01. The van der Waals surface area contributed by atoms with Gasteiger partial charge in [-0.05, 0) is 14.0 Å². The van der Waals surface area contributed by atoms with Crippen LogP contribution in [0.5, 0.6) is 0 Å². The summed E-state index contributed by atoms with van der Waals surface area (Å²) in [7, 11) is 5.35. The molecule has 7 nitrogen and oxygen atoms in total. The van der Waals surface area contributed by atoms with Gasteiger partial charge in [0.25, 0.3) is 0 Å². The van der Waals surface area contributed by atoms with Gasteiger partial charge in [0, 0.05) is 31.9 Å². The molecule has 0 saturated carbocycles. The van der Waals surface area contributed by atoms with E-state index in [1.807, 2.05) is 26.2 Å². The molecule has 0 bridgehead atoms. The minimum atomic E-state index is -0.441. The maximum atomic E-state index is 12.3. The van der Waals surface area contributed by atoms with Crippen molar-refractivity contribution < 1.29 is 4.79 Å². The van der Waals surface area contributed by atoms with Crippen LogP contribution in [0.2, 0.25) is 0 Å². The molecular weight excluding hydrogens is 280 g/mol. The molecule has 0 saturated heterocycles. The Morgan fingerprint density at radius 1 is 1.40 bits per heavy atom. The Morgan fingerprint density at radius 3 is 2.55 bits per heavy atom. The summed E-state index contributed by atoms with van der Waals surface area (Å²) >= 11 is 0. The van der Waals surface area contributed by atoms with E-state index in [4.69, 9.17) is 0 Å². The highest BCUT2D eigenvalue weighted by molar-refractivity contribution is 5.94. The van der Waals surface area contributed by atoms with E-state index in [1.165, 1.54) is 0 Å². The van der Waals surface area contributed by atoms with Crippen LogP contribution >= 0.6 is 12.4 Å². The van der Waals surface area contributed by atoms with Crippen LogP contribution in [0.15, 0.2) is 18.5 Å². The quantitative estimate of drug-likeness (QED) is 0.875. The fraction of sp³-hybridized carbons (Fsp3) is 0.417. The number of amides is 1. The minimum Gasteiger partial charge on any atom is -0.309 e. The van der Waals surface area contributed by atoms with Gasteiger partial charge in [-0.2, -0.15) is 10.2 Å². The highest BCUT2D eigenvalue weighted by atomic mass is 35.5. The smallest absolute Gasteiger partial charge is 0.247 e. The van der Waals surface area contributed by atoms with E-state index in [0.717, 1.165) is 11.3 Å². The van der Waals surface area contributed by atoms with Gasteiger partial charge >= 0.3 is 0 Å². The number of nitrogens with one attached hydrogen (secondary N) is 2. The van der Waals surface area contributed by atoms with Crippen molar-refractivity contribution in [3.63, 3.8) is 0 Å². The van der Waals surface area contributed by atoms with Gasteiger partial charge in [0.2, 0.25) is 5.91 Å². The zero-order valence-corrected chi connectivity index (χ0v) is 12.7. The third-order valence-electron chi connectivity index (χ3n) is 2.86. The van der Waals surface area contributed by atoms with Crippen LogP contribution < -0.4 is 10.6 Å². The van der Waals surface area contributed by atoms with Gasteiger partial charge in [-0.1, -0.05) is 0 Å². The highest BCUT2D eigenvalue weighted by Gasteiger charge is 2.21. The van der Waals surface area contributed by atoms with E-state index in [9.17, 15) is 4.79 Å². The molecule has 0 spiro atoms. The number of aromatic nitrogens is 4. The molecule has 0 aliphatic rings. The summed E-state index contributed by atoms with van der Waals surface area (Å²) in [5.74, 6) is 0.533. The normalized spacial score (nSPS) is 11.8. The summed E-state index contributed by atoms with van der Waals surface area (Å²) < 4.78 is 3.31. The number of hydrogen-bond acceptors (Lipinski definition) is 4. The maximum Gasteiger partial charge on any atom is 0.247 e. The van der Waals surface area contributed by atoms with Crippen molar-refractivity contribution >= 4 is 24.1 Å².